The lowest BCUT2D eigenvalue weighted by Gasteiger charge is -1.90. The Balaban J connectivity index is 0.000000336. The quantitative estimate of drug-likeness (QED) is 0.520. The van der Waals surface area contributed by atoms with Gasteiger partial charge in [0.15, 0.2) is 0 Å². The van der Waals surface area contributed by atoms with Gasteiger partial charge in [-0.1, -0.05) is 24.3 Å². The fourth-order valence-electron chi connectivity index (χ4n) is 0.641. The molecule has 0 atom stereocenters. The average molecular weight is 246 g/mol. The Morgan fingerprint density at radius 1 is 1.13 bits per heavy atom. The van der Waals surface area contributed by atoms with Crippen LogP contribution in [-0.2, 0) is 10.1 Å². The average Bonchev–Trinajstić information content (AvgIpc) is 2.15. The maximum Gasteiger partial charge on any atom is 0.144 e. The summed E-state index contributed by atoms with van der Waals surface area (Å²) in [4.78, 5) is 1.37. The van der Waals surface area contributed by atoms with Crippen LogP contribution in [0.3, 0.4) is 0 Å². The first-order chi connectivity index (χ1) is 6.89. The first-order valence-electron chi connectivity index (χ1n) is 4.18. The van der Waals surface area contributed by atoms with Gasteiger partial charge in [-0.3, -0.25) is 0 Å². The van der Waals surface area contributed by atoms with E-state index in [1.165, 1.54) is 16.2 Å². The molecule has 0 amide bonds. The summed E-state index contributed by atoms with van der Waals surface area (Å²) >= 11 is 1.29. The molecule has 0 aliphatic carbocycles. The van der Waals surface area contributed by atoms with E-state index in [1.807, 2.05) is 18.2 Å². The van der Waals surface area contributed by atoms with Crippen LogP contribution in [0.25, 0.3) is 0 Å². The minimum atomic E-state index is -3.92. The van der Waals surface area contributed by atoms with Crippen molar-refractivity contribution in [1.29, 1.82) is 0 Å². The third kappa shape index (κ3) is 15.8. The van der Waals surface area contributed by atoms with Gasteiger partial charge in [-0.15, -0.1) is 0 Å². The van der Waals surface area contributed by atoms with Gasteiger partial charge in [0.05, 0.1) is 10.1 Å². The third-order valence-corrected chi connectivity index (χ3v) is 2.02. The Morgan fingerprint density at radius 3 is 2.20 bits per heavy atom. The predicted molar refractivity (Wildman–Crippen MR) is 63.7 cm³/mol. The second-order valence-electron chi connectivity index (χ2n) is 2.75. The van der Waals surface area contributed by atoms with Gasteiger partial charge in [-0.2, -0.15) is 0 Å². The van der Waals surface area contributed by atoms with Gasteiger partial charge >= 0.3 is 0 Å². The Bertz CT molecular complexity index is 388. The van der Waals surface area contributed by atoms with E-state index in [9.17, 15) is 0 Å². The Kier molecular flexibility index (Phi) is 6.94. The molecule has 3 nitrogen and oxygen atoms in total. The van der Waals surface area contributed by atoms with Crippen LogP contribution in [0, 0.1) is 6.92 Å². The minimum Gasteiger partial charge on any atom is -0.748 e. The second-order valence-corrected chi connectivity index (χ2v) is 5.42. The second kappa shape index (κ2) is 7.39. The van der Waals surface area contributed by atoms with E-state index in [0.29, 0.717) is 6.26 Å². The molecule has 15 heavy (non-hydrogen) atoms. The highest BCUT2D eigenvalue weighted by Crippen LogP contribution is 1.99. The summed E-state index contributed by atoms with van der Waals surface area (Å²) in [7, 11) is -3.92. The van der Waals surface area contributed by atoms with Crippen molar-refractivity contribution in [1.82, 2.24) is 0 Å². The van der Waals surface area contributed by atoms with Gasteiger partial charge in [-0.25, -0.2) is 8.42 Å². The molecule has 5 heteroatoms. The van der Waals surface area contributed by atoms with Crippen LogP contribution in [0.2, 0.25) is 0 Å². The van der Waals surface area contributed by atoms with Gasteiger partial charge in [0.25, 0.3) is 0 Å². The smallest absolute Gasteiger partial charge is 0.144 e. The lowest BCUT2D eigenvalue weighted by Crippen LogP contribution is -1.88. The standard InChI is InChI=1S/C9H10S.CH4O3S/c1-9-7-5-3-2-4-6-8-10-9;1-5(2,3)4/h2-8H,1H3;1H3,(H,2,3,4). The summed E-state index contributed by atoms with van der Waals surface area (Å²) in [5.74, 6) is 0. The molecule has 0 aliphatic rings. The molecule has 0 fully saturated rings. The summed E-state index contributed by atoms with van der Waals surface area (Å²) in [5, 5.41) is 2.13. The van der Waals surface area contributed by atoms with Crippen molar-refractivity contribution in [3.63, 3.8) is 0 Å². The first kappa shape index (κ1) is 14.1. The molecule has 0 saturated carbocycles. The summed E-state index contributed by atoms with van der Waals surface area (Å²) in [6.07, 6.45) is 0.604. The zero-order chi connectivity index (χ0) is 11.7. The van der Waals surface area contributed by atoms with Crippen LogP contribution >= 0.6 is 11.3 Å². The zero-order valence-electron chi connectivity index (χ0n) is 8.62. The first-order valence-corrected chi connectivity index (χ1v) is 6.96. The van der Waals surface area contributed by atoms with Crippen LogP contribution in [0.4, 0.5) is 0 Å². The van der Waals surface area contributed by atoms with E-state index < -0.39 is 10.1 Å². The molecular formula is C10H14O3S2. The number of hydrogen-bond donors (Lipinski definition) is 0. The largest absolute Gasteiger partial charge is 0.748 e. The van der Waals surface area contributed by atoms with Crippen molar-refractivity contribution in [2.24, 2.45) is 0 Å². The monoisotopic (exact) mass is 246 g/mol. The van der Waals surface area contributed by atoms with Crippen LogP contribution < -0.4 is 0 Å². The van der Waals surface area contributed by atoms with Crippen molar-refractivity contribution in [2.75, 3.05) is 6.26 Å². The van der Waals surface area contributed by atoms with E-state index >= 15 is 0 Å². The highest BCUT2D eigenvalue weighted by molar-refractivity contribution is 7.84. The minimum absolute atomic E-state index is 0.604. The van der Waals surface area contributed by atoms with E-state index in [1.54, 1.807) is 0 Å². The molecule has 0 spiro atoms. The normalized spacial score (nSPS) is 9.53. The molecule has 0 N–H and O–H groups in total. The van der Waals surface area contributed by atoms with Crippen molar-refractivity contribution >= 4 is 21.5 Å². The highest BCUT2D eigenvalue weighted by Gasteiger charge is 1.79. The summed E-state index contributed by atoms with van der Waals surface area (Å²) in [6, 6.07) is 12.4. The van der Waals surface area contributed by atoms with Crippen LogP contribution in [-0.4, -0.2) is 19.2 Å². The molecule has 0 saturated heterocycles. The Hall–Kier alpha value is -0.910. The fraction of sp³-hybridized carbons (Fsp3) is 0.200. The maximum atomic E-state index is 9.08. The molecular weight excluding hydrogens is 232 g/mol. The number of aryl methyl sites for hydroxylation is 1. The molecule has 1 aromatic rings. The van der Waals surface area contributed by atoms with Crippen LogP contribution in [0.15, 0.2) is 41.8 Å². The van der Waals surface area contributed by atoms with Crippen LogP contribution in [0.1, 0.15) is 4.88 Å². The lowest BCUT2D eigenvalue weighted by atomic mass is 10.4. The van der Waals surface area contributed by atoms with Gasteiger partial charge < -0.3 is 4.55 Å². The van der Waals surface area contributed by atoms with Crippen molar-refractivity contribution < 1.29 is 13.0 Å². The summed E-state index contributed by atoms with van der Waals surface area (Å²) in [5.41, 5.74) is 0. The predicted octanol–water partition coefficient (Wildman–Crippen LogP) is 2.07. The van der Waals surface area contributed by atoms with Crippen molar-refractivity contribution in [3.8, 4) is 0 Å². The molecule has 0 radical (unpaired) electrons. The fourth-order valence-corrected chi connectivity index (χ4v) is 1.23. The zero-order valence-corrected chi connectivity index (χ0v) is 10.3. The van der Waals surface area contributed by atoms with Crippen LogP contribution in [0.5, 0.6) is 0 Å². The van der Waals surface area contributed by atoms with E-state index in [-0.39, 0.29) is 0 Å². The Labute approximate surface area is 94.5 Å². The topological polar surface area (TPSA) is 57.2 Å². The van der Waals surface area contributed by atoms with E-state index in [0.717, 1.165) is 0 Å². The number of rotatable bonds is 0. The van der Waals surface area contributed by atoms with Gasteiger partial charge in [-0.05, 0) is 23.5 Å². The number of hydrogen-bond acceptors (Lipinski definition) is 3. The SMILES string of the molecule is CS(=O)(=O)[O-].Cc1ccccccc[sH+]1. The third-order valence-electron chi connectivity index (χ3n) is 1.15. The Morgan fingerprint density at radius 2 is 1.60 bits per heavy atom. The summed E-state index contributed by atoms with van der Waals surface area (Å²) in [6.45, 7) is 2.13. The van der Waals surface area contributed by atoms with E-state index in [2.05, 4.69) is 30.5 Å². The summed E-state index contributed by atoms with van der Waals surface area (Å²) < 4.78 is 27.2. The molecule has 1 aromatic heterocycles. The van der Waals surface area contributed by atoms with Crippen molar-refractivity contribution in [2.45, 2.75) is 6.92 Å². The van der Waals surface area contributed by atoms with Crippen molar-refractivity contribution in [3.05, 3.63) is 46.7 Å². The molecule has 0 unspecified atom stereocenters. The molecule has 1 heterocycles. The van der Waals surface area contributed by atoms with Gasteiger partial charge in [0.1, 0.15) is 10.3 Å². The highest BCUT2D eigenvalue weighted by atomic mass is 32.2. The van der Waals surface area contributed by atoms with Gasteiger partial charge in [0.2, 0.25) is 0 Å². The van der Waals surface area contributed by atoms with E-state index in [4.69, 9.17) is 13.0 Å². The maximum absolute atomic E-state index is 9.08. The molecule has 0 bridgehead atoms. The lowest BCUT2D eigenvalue weighted by molar-refractivity contribution is 0.470. The molecule has 0 aliphatic heterocycles. The van der Waals surface area contributed by atoms with Gasteiger partial charge in [0, 0.05) is 13.2 Å². The molecule has 84 valence electrons. The molecule has 0 aromatic carbocycles. The molecule has 1 rings (SSSR count).